The number of rotatable bonds is 4. The van der Waals surface area contributed by atoms with Gasteiger partial charge in [0.05, 0.1) is 0 Å². The number of halogens is 1. The van der Waals surface area contributed by atoms with Crippen molar-refractivity contribution in [1.29, 1.82) is 5.26 Å². The van der Waals surface area contributed by atoms with Crippen LogP contribution < -0.4 is 0 Å². The van der Waals surface area contributed by atoms with Crippen LogP contribution in [0.5, 0.6) is 0 Å². The van der Waals surface area contributed by atoms with Gasteiger partial charge >= 0.3 is 0 Å². The Morgan fingerprint density at radius 3 is 2.94 bits per heavy atom. The number of aryl methyl sites for hydroxylation is 1. The summed E-state index contributed by atoms with van der Waals surface area (Å²) >= 11 is 3.44. The molecule has 1 aromatic heterocycles. The van der Waals surface area contributed by atoms with Crippen LogP contribution >= 0.6 is 15.9 Å². The lowest BCUT2D eigenvalue weighted by Crippen LogP contribution is -2.02. The van der Waals surface area contributed by atoms with Gasteiger partial charge in [0, 0.05) is 16.6 Å². The van der Waals surface area contributed by atoms with Crippen LogP contribution in [0.3, 0.4) is 0 Å². The molecule has 0 spiro atoms. The average Bonchev–Trinajstić information content (AvgIpc) is 2.79. The standard InChI is InChI=1S/C13H13BrN4/c1-2-3-7-18-13(12(9-15)16-17-18)10-5-4-6-11(14)8-10/h4-6,8H,2-3,7H2,1H3. The van der Waals surface area contributed by atoms with E-state index in [1.807, 2.05) is 28.9 Å². The first-order chi connectivity index (χ1) is 8.76. The van der Waals surface area contributed by atoms with Crippen molar-refractivity contribution >= 4 is 15.9 Å². The molecule has 2 aromatic rings. The predicted molar refractivity (Wildman–Crippen MR) is 72.8 cm³/mol. The molecule has 0 amide bonds. The number of unbranched alkanes of at least 4 members (excludes halogenated alkanes) is 1. The molecule has 0 radical (unpaired) electrons. The van der Waals surface area contributed by atoms with E-state index in [1.54, 1.807) is 0 Å². The van der Waals surface area contributed by atoms with Gasteiger partial charge in [-0.2, -0.15) is 5.26 Å². The largest absolute Gasteiger partial charge is 0.243 e. The molecule has 18 heavy (non-hydrogen) atoms. The van der Waals surface area contributed by atoms with Crippen LogP contribution in [0.4, 0.5) is 0 Å². The second kappa shape index (κ2) is 5.78. The Labute approximate surface area is 114 Å². The van der Waals surface area contributed by atoms with E-state index in [-0.39, 0.29) is 0 Å². The molecular formula is C13H13BrN4. The summed E-state index contributed by atoms with van der Waals surface area (Å²) in [5.74, 6) is 0. The minimum absolute atomic E-state index is 0.379. The van der Waals surface area contributed by atoms with Crippen LogP contribution in [-0.4, -0.2) is 15.0 Å². The maximum Gasteiger partial charge on any atom is 0.190 e. The highest BCUT2D eigenvalue weighted by Crippen LogP contribution is 2.25. The van der Waals surface area contributed by atoms with Gasteiger partial charge < -0.3 is 0 Å². The van der Waals surface area contributed by atoms with E-state index < -0.39 is 0 Å². The minimum Gasteiger partial charge on any atom is -0.243 e. The molecule has 0 saturated carbocycles. The van der Waals surface area contributed by atoms with E-state index in [9.17, 15) is 0 Å². The third kappa shape index (κ3) is 2.59. The van der Waals surface area contributed by atoms with Crippen LogP contribution in [0.15, 0.2) is 28.7 Å². The molecule has 92 valence electrons. The Morgan fingerprint density at radius 2 is 2.28 bits per heavy atom. The Balaban J connectivity index is 2.47. The summed E-state index contributed by atoms with van der Waals surface area (Å²) in [6.07, 6.45) is 2.11. The topological polar surface area (TPSA) is 54.5 Å². The molecule has 2 rings (SSSR count). The zero-order chi connectivity index (χ0) is 13.0. The summed E-state index contributed by atoms with van der Waals surface area (Å²) in [6, 6.07) is 9.94. The molecule has 0 aliphatic carbocycles. The zero-order valence-electron chi connectivity index (χ0n) is 10.1. The van der Waals surface area contributed by atoms with Gasteiger partial charge in [-0.1, -0.05) is 46.6 Å². The molecule has 0 aliphatic rings. The van der Waals surface area contributed by atoms with Gasteiger partial charge in [-0.3, -0.25) is 0 Å². The third-order valence-corrected chi connectivity index (χ3v) is 3.16. The van der Waals surface area contributed by atoms with Gasteiger partial charge in [-0.05, 0) is 18.6 Å². The zero-order valence-corrected chi connectivity index (χ0v) is 11.7. The quantitative estimate of drug-likeness (QED) is 0.870. The Bertz CT molecular complexity index is 583. The van der Waals surface area contributed by atoms with Crippen molar-refractivity contribution in [3.63, 3.8) is 0 Å². The molecule has 5 heteroatoms. The van der Waals surface area contributed by atoms with E-state index in [1.165, 1.54) is 0 Å². The lowest BCUT2D eigenvalue weighted by atomic mass is 10.1. The van der Waals surface area contributed by atoms with Crippen molar-refractivity contribution in [3.8, 4) is 17.3 Å². The first-order valence-corrected chi connectivity index (χ1v) is 6.65. The number of hydrogen-bond acceptors (Lipinski definition) is 3. The molecule has 4 nitrogen and oxygen atoms in total. The highest BCUT2D eigenvalue weighted by molar-refractivity contribution is 9.10. The number of nitrogens with zero attached hydrogens (tertiary/aromatic N) is 4. The van der Waals surface area contributed by atoms with Crippen molar-refractivity contribution in [2.75, 3.05) is 0 Å². The lowest BCUT2D eigenvalue weighted by molar-refractivity contribution is 0.557. The highest BCUT2D eigenvalue weighted by atomic mass is 79.9. The van der Waals surface area contributed by atoms with E-state index in [2.05, 4.69) is 39.2 Å². The minimum atomic E-state index is 0.379. The van der Waals surface area contributed by atoms with Gasteiger partial charge in [0.1, 0.15) is 11.8 Å². The molecule has 0 bridgehead atoms. The molecule has 0 unspecified atom stereocenters. The molecule has 0 atom stereocenters. The average molecular weight is 305 g/mol. The summed E-state index contributed by atoms with van der Waals surface area (Å²) < 4.78 is 2.79. The van der Waals surface area contributed by atoms with Crippen molar-refractivity contribution in [2.24, 2.45) is 0 Å². The number of benzene rings is 1. The van der Waals surface area contributed by atoms with Crippen LogP contribution in [0, 0.1) is 11.3 Å². The number of hydrogen-bond donors (Lipinski definition) is 0. The summed E-state index contributed by atoms with van der Waals surface area (Å²) in [6.45, 7) is 2.91. The highest BCUT2D eigenvalue weighted by Gasteiger charge is 2.14. The van der Waals surface area contributed by atoms with Gasteiger partial charge in [0.15, 0.2) is 5.69 Å². The number of nitriles is 1. The first-order valence-electron chi connectivity index (χ1n) is 5.85. The van der Waals surface area contributed by atoms with E-state index >= 15 is 0 Å². The second-order valence-corrected chi connectivity index (χ2v) is 4.90. The van der Waals surface area contributed by atoms with Crippen molar-refractivity contribution in [1.82, 2.24) is 15.0 Å². The Hall–Kier alpha value is -1.67. The van der Waals surface area contributed by atoms with Crippen LogP contribution in [0.1, 0.15) is 25.5 Å². The van der Waals surface area contributed by atoms with Crippen molar-refractivity contribution in [3.05, 3.63) is 34.4 Å². The predicted octanol–water partition coefficient (Wildman–Crippen LogP) is 3.38. The monoisotopic (exact) mass is 304 g/mol. The van der Waals surface area contributed by atoms with Crippen LogP contribution in [0.2, 0.25) is 0 Å². The molecule has 0 aliphatic heterocycles. The van der Waals surface area contributed by atoms with Crippen molar-refractivity contribution in [2.45, 2.75) is 26.3 Å². The molecule has 1 heterocycles. The van der Waals surface area contributed by atoms with Gasteiger partial charge in [-0.15, -0.1) is 5.10 Å². The van der Waals surface area contributed by atoms with E-state index in [0.717, 1.165) is 35.1 Å². The van der Waals surface area contributed by atoms with Gasteiger partial charge in [-0.25, -0.2) is 4.68 Å². The third-order valence-electron chi connectivity index (χ3n) is 2.66. The molecule has 0 saturated heterocycles. The van der Waals surface area contributed by atoms with E-state index in [0.29, 0.717) is 5.69 Å². The molecular weight excluding hydrogens is 292 g/mol. The SMILES string of the molecule is CCCCn1nnc(C#N)c1-c1cccc(Br)c1. The Kier molecular flexibility index (Phi) is 4.11. The molecule has 0 fully saturated rings. The molecule has 0 N–H and O–H groups in total. The fourth-order valence-electron chi connectivity index (χ4n) is 1.77. The fraction of sp³-hybridized carbons (Fsp3) is 0.308. The summed E-state index contributed by atoms with van der Waals surface area (Å²) in [4.78, 5) is 0. The second-order valence-electron chi connectivity index (χ2n) is 3.99. The fourth-order valence-corrected chi connectivity index (χ4v) is 2.17. The van der Waals surface area contributed by atoms with Gasteiger partial charge in [0.2, 0.25) is 0 Å². The smallest absolute Gasteiger partial charge is 0.190 e. The maximum atomic E-state index is 9.11. The lowest BCUT2D eigenvalue weighted by Gasteiger charge is -2.06. The van der Waals surface area contributed by atoms with Crippen LogP contribution in [-0.2, 0) is 6.54 Å². The van der Waals surface area contributed by atoms with Crippen LogP contribution in [0.25, 0.3) is 11.3 Å². The van der Waals surface area contributed by atoms with Gasteiger partial charge in [0.25, 0.3) is 0 Å². The molecule has 1 aromatic carbocycles. The number of aromatic nitrogens is 3. The maximum absolute atomic E-state index is 9.11. The normalized spacial score (nSPS) is 10.3. The van der Waals surface area contributed by atoms with Crippen molar-refractivity contribution < 1.29 is 0 Å². The first kappa shape index (κ1) is 12.8. The summed E-state index contributed by atoms with van der Waals surface area (Å²) in [5.41, 5.74) is 2.14. The van der Waals surface area contributed by atoms with E-state index in [4.69, 9.17) is 5.26 Å². The Morgan fingerprint density at radius 1 is 1.44 bits per heavy atom. The summed E-state index contributed by atoms with van der Waals surface area (Å²) in [7, 11) is 0. The summed E-state index contributed by atoms with van der Waals surface area (Å²) in [5, 5.41) is 17.1.